The van der Waals surface area contributed by atoms with Crippen LogP contribution in [0.5, 0.6) is 0 Å². The lowest BCUT2D eigenvalue weighted by Gasteiger charge is -2.12. The Balaban J connectivity index is 0.00000441. The number of nitriles is 1. The molecule has 0 radical (unpaired) electrons. The van der Waals surface area contributed by atoms with E-state index in [0.717, 1.165) is 5.56 Å². The van der Waals surface area contributed by atoms with Gasteiger partial charge in [0.05, 0.1) is 0 Å². The zero-order valence-corrected chi connectivity index (χ0v) is 14.0. The highest BCUT2D eigenvalue weighted by molar-refractivity contribution is 5.85. The number of carbonyl (C=O) groups is 1. The molecular formula is C15H23ClN4O2. The standard InChI is InChI=1S/C15H22N4O2.ClH/c1-9(6-16)8-18-14(20)5-4-12-10(2)13(7-17)15(21)19-11(12)3;/h9H,4-6,8,16H2,1-3H3,(H,18,20)(H,19,21);1H. The maximum absolute atomic E-state index is 11.8. The Morgan fingerprint density at radius 2 is 2.09 bits per heavy atom. The maximum Gasteiger partial charge on any atom is 0.266 e. The molecule has 1 rings (SSSR count). The van der Waals surface area contributed by atoms with E-state index in [0.29, 0.717) is 37.2 Å². The summed E-state index contributed by atoms with van der Waals surface area (Å²) in [6.45, 7) is 6.58. The highest BCUT2D eigenvalue weighted by Gasteiger charge is 2.13. The van der Waals surface area contributed by atoms with Gasteiger partial charge in [0.15, 0.2) is 0 Å². The number of hydrogen-bond acceptors (Lipinski definition) is 4. The Kier molecular flexibility index (Phi) is 8.46. The van der Waals surface area contributed by atoms with Gasteiger partial charge in [-0.25, -0.2) is 0 Å². The molecule has 1 aromatic heterocycles. The normalized spacial score (nSPS) is 11.2. The van der Waals surface area contributed by atoms with E-state index in [4.69, 9.17) is 11.0 Å². The van der Waals surface area contributed by atoms with Crippen LogP contribution in [0.15, 0.2) is 4.79 Å². The molecule has 0 aliphatic carbocycles. The Morgan fingerprint density at radius 1 is 1.45 bits per heavy atom. The van der Waals surface area contributed by atoms with E-state index in [9.17, 15) is 9.59 Å². The number of nitrogens with zero attached hydrogens (tertiary/aromatic N) is 1. The molecule has 0 saturated heterocycles. The summed E-state index contributed by atoms with van der Waals surface area (Å²) in [6.07, 6.45) is 0.807. The highest BCUT2D eigenvalue weighted by Crippen LogP contribution is 2.14. The summed E-state index contributed by atoms with van der Waals surface area (Å²) in [5, 5.41) is 11.8. The molecule has 0 saturated carbocycles. The number of pyridine rings is 1. The Labute approximate surface area is 136 Å². The van der Waals surface area contributed by atoms with Crippen LogP contribution in [0.25, 0.3) is 0 Å². The quantitative estimate of drug-likeness (QED) is 0.721. The number of amides is 1. The van der Waals surface area contributed by atoms with Crippen LogP contribution in [0.3, 0.4) is 0 Å². The molecule has 6 nitrogen and oxygen atoms in total. The number of rotatable bonds is 6. The smallest absolute Gasteiger partial charge is 0.266 e. The van der Waals surface area contributed by atoms with Gasteiger partial charge < -0.3 is 16.0 Å². The van der Waals surface area contributed by atoms with E-state index in [2.05, 4.69) is 10.3 Å². The molecule has 1 atom stereocenters. The largest absolute Gasteiger partial charge is 0.356 e. The predicted molar refractivity (Wildman–Crippen MR) is 88.0 cm³/mol. The molecule has 22 heavy (non-hydrogen) atoms. The first-order valence-electron chi connectivity index (χ1n) is 6.99. The van der Waals surface area contributed by atoms with E-state index in [1.54, 1.807) is 13.8 Å². The van der Waals surface area contributed by atoms with Crippen molar-refractivity contribution in [2.24, 2.45) is 11.7 Å². The molecule has 0 bridgehead atoms. The number of halogens is 1. The molecule has 0 aromatic carbocycles. The lowest BCUT2D eigenvalue weighted by molar-refractivity contribution is -0.121. The van der Waals surface area contributed by atoms with Gasteiger partial charge >= 0.3 is 0 Å². The maximum atomic E-state index is 11.8. The molecule has 7 heteroatoms. The van der Waals surface area contributed by atoms with E-state index >= 15 is 0 Å². The predicted octanol–water partition coefficient (Wildman–Crippen LogP) is 0.929. The van der Waals surface area contributed by atoms with Crippen LogP contribution in [0.1, 0.15) is 35.7 Å². The van der Waals surface area contributed by atoms with Gasteiger partial charge in [-0.2, -0.15) is 5.26 Å². The van der Waals surface area contributed by atoms with Crippen LogP contribution in [0.4, 0.5) is 0 Å². The summed E-state index contributed by atoms with van der Waals surface area (Å²) in [6, 6.07) is 1.91. The monoisotopic (exact) mass is 326 g/mol. The lowest BCUT2D eigenvalue weighted by Crippen LogP contribution is -2.31. The molecule has 1 aromatic rings. The number of carbonyl (C=O) groups excluding carboxylic acids is 1. The number of nitrogens with two attached hydrogens (primary N) is 1. The van der Waals surface area contributed by atoms with Gasteiger partial charge in [-0.3, -0.25) is 9.59 Å². The van der Waals surface area contributed by atoms with Crippen molar-refractivity contribution in [3.05, 3.63) is 32.7 Å². The molecule has 0 fully saturated rings. The van der Waals surface area contributed by atoms with Crippen LogP contribution in [0.2, 0.25) is 0 Å². The lowest BCUT2D eigenvalue weighted by atomic mass is 9.99. The van der Waals surface area contributed by atoms with Gasteiger partial charge in [0.2, 0.25) is 5.91 Å². The van der Waals surface area contributed by atoms with Crippen molar-refractivity contribution in [2.75, 3.05) is 13.1 Å². The van der Waals surface area contributed by atoms with Gasteiger partial charge in [-0.15, -0.1) is 12.4 Å². The summed E-state index contributed by atoms with van der Waals surface area (Å²) in [5.74, 6) is 0.189. The zero-order chi connectivity index (χ0) is 16.0. The van der Waals surface area contributed by atoms with Crippen molar-refractivity contribution in [2.45, 2.75) is 33.6 Å². The van der Waals surface area contributed by atoms with Crippen LogP contribution < -0.4 is 16.6 Å². The molecule has 0 spiro atoms. The number of H-pyrrole nitrogens is 1. The van der Waals surface area contributed by atoms with Gasteiger partial charge in [0.1, 0.15) is 11.6 Å². The van der Waals surface area contributed by atoms with E-state index in [1.165, 1.54) is 0 Å². The van der Waals surface area contributed by atoms with E-state index in [1.807, 2.05) is 13.0 Å². The van der Waals surface area contributed by atoms with Crippen molar-refractivity contribution in [1.82, 2.24) is 10.3 Å². The molecule has 0 aliphatic rings. The fourth-order valence-corrected chi connectivity index (χ4v) is 2.12. The number of aromatic nitrogens is 1. The first kappa shape index (κ1) is 20.2. The fraction of sp³-hybridized carbons (Fsp3) is 0.533. The minimum absolute atomic E-state index is 0. The number of aromatic amines is 1. The average Bonchev–Trinajstić information content (AvgIpc) is 2.44. The van der Waals surface area contributed by atoms with Gasteiger partial charge in [-0.1, -0.05) is 6.92 Å². The van der Waals surface area contributed by atoms with Crippen molar-refractivity contribution in [1.29, 1.82) is 5.26 Å². The third-order valence-electron chi connectivity index (χ3n) is 3.57. The molecule has 1 heterocycles. The number of aryl methyl sites for hydroxylation is 1. The van der Waals surface area contributed by atoms with Crippen molar-refractivity contribution < 1.29 is 4.79 Å². The Morgan fingerprint density at radius 3 is 2.64 bits per heavy atom. The molecule has 1 amide bonds. The third-order valence-corrected chi connectivity index (χ3v) is 3.57. The van der Waals surface area contributed by atoms with Crippen molar-refractivity contribution in [3.63, 3.8) is 0 Å². The van der Waals surface area contributed by atoms with E-state index < -0.39 is 0 Å². The molecule has 4 N–H and O–H groups in total. The summed E-state index contributed by atoms with van der Waals surface area (Å²) in [4.78, 5) is 26.1. The van der Waals surface area contributed by atoms with Crippen molar-refractivity contribution in [3.8, 4) is 6.07 Å². The molecule has 0 aliphatic heterocycles. The van der Waals surface area contributed by atoms with E-state index in [-0.39, 0.29) is 35.4 Å². The van der Waals surface area contributed by atoms with Crippen LogP contribution in [-0.4, -0.2) is 24.0 Å². The second kappa shape index (κ2) is 9.23. The first-order chi connectivity index (χ1) is 9.90. The van der Waals surface area contributed by atoms with Crippen LogP contribution >= 0.6 is 12.4 Å². The van der Waals surface area contributed by atoms with Gasteiger partial charge in [0, 0.05) is 18.7 Å². The second-order valence-corrected chi connectivity index (χ2v) is 5.31. The van der Waals surface area contributed by atoms with Gasteiger partial charge in [-0.05, 0) is 43.9 Å². The Hall–Kier alpha value is -1.84. The summed E-state index contributed by atoms with van der Waals surface area (Å²) >= 11 is 0. The van der Waals surface area contributed by atoms with Crippen LogP contribution in [0, 0.1) is 31.1 Å². The highest BCUT2D eigenvalue weighted by atomic mass is 35.5. The summed E-state index contributed by atoms with van der Waals surface area (Å²) in [5.41, 5.74) is 7.45. The fourth-order valence-electron chi connectivity index (χ4n) is 2.12. The topological polar surface area (TPSA) is 112 Å². The third kappa shape index (κ3) is 5.17. The molecular weight excluding hydrogens is 304 g/mol. The average molecular weight is 327 g/mol. The first-order valence-corrected chi connectivity index (χ1v) is 6.99. The zero-order valence-electron chi connectivity index (χ0n) is 13.2. The second-order valence-electron chi connectivity index (χ2n) is 5.31. The SMILES string of the molecule is Cc1[nH]c(=O)c(C#N)c(C)c1CCC(=O)NCC(C)CN.Cl. The Bertz CT molecular complexity index is 619. The molecule has 1 unspecified atom stereocenters. The number of hydrogen-bond donors (Lipinski definition) is 3. The minimum atomic E-state index is -0.377. The van der Waals surface area contributed by atoms with Gasteiger partial charge in [0.25, 0.3) is 5.56 Å². The minimum Gasteiger partial charge on any atom is -0.356 e. The van der Waals surface area contributed by atoms with Crippen LogP contribution in [-0.2, 0) is 11.2 Å². The number of nitrogens with one attached hydrogen (secondary N) is 2. The van der Waals surface area contributed by atoms with Crippen molar-refractivity contribution >= 4 is 18.3 Å². The summed E-state index contributed by atoms with van der Waals surface area (Å²) < 4.78 is 0. The molecule has 122 valence electrons. The summed E-state index contributed by atoms with van der Waals surface area (Å²) in [7, 11) is 0.